The largest absolute Gasteiger partial charge is 0.122 e. The number of hydrogen-bond acceptors (Lipinski definition) is 0. The molecule has 1 aromatic rings. The highest BCUT2D eigenvalue weighted by Crippen LogP contribution is 2.40. The highest BCUT2D eigenvalue weighted by atomic mass is 35.5. The van der Waals surface area contributed by atoms with Gasteiger partial charge in [0.25, 0.3) is 0 Å². The minimum absolute atomic E-state index is 0.0203. The minimum Gasteiger partial charge on any atom is -0.122 e. The molecule has 0 amide bonds. The Hall–Kier alpha value is -1.01. The van der Waals surface area contributed by atoms with E-state index >= 15 is 0 Å². The molecule has 1 aliphatic rings. The summed E-state index contributed by atoms with van der Waals surface area (Å²) in [6.07, 6.45) is 11.9. The fraction of sp³-hybridized carbons (Fsp3) is 0.375. The van der Waals surface area contributed by atoms with E-state index < -0.39 is 0 Å². The molecule has 0 saturated heterocycles. The molecule has 1 aliphatic carbocycles. The molecule has 0 radical (unpaired) electrons. The molecule has 1 aromatic carbocycles. The number of rotatable bonds is 4. The summed E-state index contributed by atoms with van der Waals surface area (Å²) in [5.41, 5.74) is 1.31. The number of benzene rings is 1. The van der Waals surface area contributed by atoms with Crippen molar-refractivity contribution < 1.29 is 0 Å². The summed E-state index contributed by atoms with van der Waals surface area (Å²) >= 11 is 6.67. The smallest absolute Gasteiger partial charge is 0.0470 e. The molecular weight excluding hydrogens is 228 g/mol. The summed E-state index contributed by atoms with van der Waals surface area (Å²) in [7, 11) is 0. The van der Waals surface area contributed by atoms with Gasteiger partial charge in [-0.2, -0.15) is 0 Å². The molecule has 0 spiro atoms. The van der Waals surface area contributed by atoms with Crippen molar-refractivity contribution in [3.63, 3.8) is 0 Å². The van der Waals surface area contributed by atoms with E-state index in [1.165, 1.54) is 5.56 Å². The summed E-state index contributed by atoms with van der Waals surface area (Å²) in [5, 5.41) is 0.163. The third-order valence-corrected chi connectivity index (χ3v) is 4.12. The molecule has 17 heavy (non-hydrogen) atoms. The van der Waals surface area contributed by atoms with Crippen molar-refractivity contribution in [1.29, 1.82) is 0 Å². The van der Waals surface area contributed by atoms with Gasteiger partial charge in [-0.05, 0) is 18.4 Å². The van der Waals surface area contributed by atoms with Gasteiger partial charge in [-0.15, -0.1) is 11.6 Å². The molecule has 0 bridgehead atoms. The van der Waals surface area contributed by atoms with Crippen LogP contribution in [0, 0.1) is 0 Å². The van der Waals surface area contributed by atoms with E-state index in [9.17, 15) is 0 Å². The van der Waals surface area contributed by atoms with Gasteiger partial charge in [0, 0.05) is 10.8 Å². The van der Waals surface area contributed by atoms with Crippen LogP contribution < -0.4 is 0 Å². The molecule has 1 heteroatoms. The SMILES string of the molecule is CCCC(Cl)C1(c2ccccc2)C=CC=CC1. The van der Waals surface area contributed by atoms with Crippen molar-refractivity contribution in [2.75, 3.05) is 0 Å². The standard InChI is InChI=1S/C16H19Cl/c1-2-9-15(17)16(12-7-4-8-13-16)14-10-5-3-6-11-14/h3-8,10-12,15H,2,9,13H2,1H3. The van der Waals surface area contributed by atoms with Crippen molar-refractivity contribution >= 4 is 11.6 Å². The van der Waals surface area contributed by atoms with E-state index in [0.717, 1.165) is 19.3 Å². The summed E-state index contributed by atoms with van der Waals surface area (Å²) in [5.74, 6) is 0. The van der Waals surface area contributed by atoms with Crippen LogP contribution in [0.5, 0.6) is 0 Å². The molecule has 0 aromatic heterocycles. The molecule has 2 rings (SSSR count). The first kappa shape index (κ1) is 12.4. The van der Waals surface area contributed by atoms with Crippen molar-refractivity contribution in [2.24, 2.45) is 0 Å². The average molecular weight is 247 g/mol. The van der Waals surface area contributed by atoms with Gasteiger partial charge in [0.05, 0.1) is 0 Å². The van der Waals surface area contributed by atoms with Crippen LogP contribution in [-0.4, -0.2) is 5.38 Å². The number of hydrogen-bond donors (Lipinski definition) is 0. The Morgan fingerprint density at radius 3 is 2.59 bits per heavy atom. The molecule has 2 unspecified atom stereocenters. The van der Waals surface area contributed by atoms with Crippen LogP contribution in [0.3, 0.4) is 0 Å². The van der Waals surface area contributed by atoms with E-state index in [1.54, 1.807) is 0 Å². The third kappa shape index (κ3) is 2.47. The second kappa shape index (κ2) is 5.55. The Labute approximate surface area is 109 Å². The van der Waals surface area contributed by atoms with Crippen molar-refractivity contribution in [1.82, 2.24) is 0 Å². The maximum atomic E-state index is 6.67. The second-order valence-corrected chi connectivity index (χ2v) is 5.18. The predicted molar refractivity (Wildman–Crippen MR) is 75.6 cm³/mol. The first-order valence-electron chi connectivity index (χ1n) is 6.33. The number of alkyl halides is 1. The van der Waals surface area contributed by atoms with E-state index in [1.807, 2.05) is 0 Å². The first-order chi connectivity index (χ1) is 8.29. The van der Waals surface area contributed by atoms with Gasteiger partial charge in [-0.25, -0.2) is 0 Å². The Bertz CT molecular complexity index is 405. The summed E-state index contributed by atoms with van der Waals surface area (Å²) < 4.78 is 0. The summed E-state index contributed by atoms with van der Waals surface area (Å²) in [6.45, 7) is 2.19. The molecule has 0 fully saturated rings. The van der Waals surface area contributed by atoms with Crippen LogP contribution in [-0.2, 0) is 5.41 Å². The molecule has 0 heterocycles. The van der Waals surface area contributed by atoms with Gasteiger partial charge in [0.15, 0.2) is 0 Å². The predicted octanol–water partition coefficient (Wildman–Crippen LogP) is 4.85. The van der Waals surface area contributed by atoms with Crippen LogP contribution in [0.2, 0.25) is 0 Å². The topological polar surface area (TPSA) is 0 Å². The number of halogens is 1. The van der Waals surface area contributed by atoms with Crippen LogP contribution in [0.15, 0.2) is 54.6 Å². The lowest BCUT2D eigenvalue weighted by atomic mass is 9.71. The lowest BCUT2D eigenvalue weighted by Crippen LogP contribution is -2.34. The van der Waals surface area contributed by atoms with Crippen molar-refractivity contribution in [3.8, 4) is 0 Å². The van der Waals surface area contributed by atoms with Gasteiger partial charge in [0.1, 0.15) is 0 Å². The second-order valence-electron chi connectivity index (χ2n) is 4.65. The Morgan fingerprint density at radius 1 is 1.24 bits per heavy atom. The lowest BCUT2D eigenvalue weighted by Gasteiger charge is -2.36. The highest BCUT2D eigenvalue weighted by Gasteiger charge is 2.36. The zero-order valence-electron chi connectivity index (χ0n) is 10.3. The van der Waals surface area contributed by atoms with E-state index in [2.05, 4.69) is 61.6 Å². The molecule has 90 valence electrons. The van der Waals surface area contributed by atoms with Gasteiger partial charge in [-0.1, -0.05) is 68.0 Å². The molecule has 0 nitrogen and oxygen atoms in total. The first-order valence-corrected chi connectivity index (χ1v) is 6.77. The van der Waals surface area contributed by atoms with Crippen LogP contribution >= 0.6 is 11.6 Å². The van der Waals surface area contributed by atoms with Crippen molar-refractivity contribution in [2.45, 2.75) is 37.0 Å². The van der Waals surface area contributed by atoms with Gasteiger partial charge < -0.3 is 0 Å². The van der Waals surface area contributed by atoms with Crippen LogP contribution in [0.4, 0.5) is 0 Å². The fourth-order valence-electron chi connectivity index (χ4n) is 2.52. The van der Waals surface area contributed by atoms with Crippen LogP contribution in [0.1, 0.15) is 31.7 Å². The van der Waals surface area contributed by atoms with E-state index in [0.29, 0.717) is 0 Å². The quantitative estimate of drug-likeness (QED) is 0.667. The van der Waals surface area contributed by atoms with Gasteiger partial charge >= 0.3 is 0 Å². The number of allylic oxidation sites excluding steroid dienone is 4. The fourth-order valence-corrected chi connectivity index (χ4v) is 3.03. The maximum Gasteiger partial charge on any atom is 0.0470 e. The average Bonchev–Trinajstić information content (AvgIpc) is 2.41. The Balaban J connectivity index is 2.37. The maximum absolute atomic E-state index is 6.67. The highest BCUT2D eigenvalue weighted by molar-refractivity contribution is 6.21. The molecule has 0 saturated carbocycles. The van der Waals surface area contributed by atoms with Gasteiger partial charge in [0.2, 0.25) is 0 Å². The summed E-state index contributed by atoms with van der Waals surface area (Å²) in [4.78, 5) is 0. The normalized spacial score (nSPS) is 24.8. The lowest BCUT2D eigenvalue weighted by molar-refractivity contribution is 0.478. The van der Waals surface area contributed by atoms with Gasteiger partial charge in [-0.3, -0.25) is 0 Å². The third-order valence-electron chi connectivity index (χ3n) is 3.51. The Kier molecular flexibility index (Phi) is 4.06. The molecule has 2 atom stereocenters. The monoisotopic (exact) mass is 246 g/mol. The van der Waals surface area contributed by atoms with E-state index in [4.69, 9.17) is 11.6 Å². The summed E-state index contributed by atoms with van der Waals surface area (Å²) in [6, 6.07) is 10.6. The molecule has 0 N–H and O–H groups in total. The molecular formula is C16H19Cl. The minimum atomic E-state index is -0.0203. The van der Waals surface area contributed by atoms with Crippen LogP contribution in [0.25, 0.3) is 0 Å². The Morgan fingerprint density at radius 2 is 2.00 bits per heavy atom. The zero-order valence-corrected chi connectivity index (χ0v) is 11.0. The zero-order chi connectivity index (χ0) is 12.1. The molecule has 0 aliphatic heterocycles. The van der Waals surface area contributed by atoms with Crippen molar-refractivity contribution in [3.05, 3.63) is 60.2 Å². The van der Waals surface area contributed by atoms with E-state index in [-0.39, 0.29) is 10.8 Å².